The van der Waals surface area contributed by atoms with E-state index in [2.05, 4.69) is 20.6 Å². The lowest BCUT2D eigenvalue weighted by Gasteiger charge is -2.23. The first kappa shape index (κ1) is 13.6. The zero-order valence-corrected chi connectivity index (χ0v) is 11.7. The number of aromatic nitrogens is 2. The molecule has 0 unspecified atom stereocenters. The maximum Gasteiger partial charge on any atom is 0.252 e. The number of hydrogen-bond donors (Lipinski definition) is 3. The molecular formula is C14H22N4O2. The number of piperidine rings is 1. The van der Waals surface area contributed by atoms with Gasteiger partial charge in [0.25, 0.3) is 5.56 Å². The molecule has 1 saturated heterocycles. The second-order valence-electron chi connectivity index (χ2n) is 5.54. The Balaban J connectivity index is 1.44. The number of nitrogens with one attached hydrogen (secondary N) is 3. The van der Waals surface area contributed by atoms with Crippen molar-refractivity contribution in [2.24, 2.45) is 0 Å². The topological polar surface area (TPSA) is 79.0 Å². The van der Waals surface area contributed by atoms with Crippen LogP contribution >= 0.6 is 0 Å². The van der Waals surface area contributed by atoms with E-state index in [-0.39, 0.29) is 5.56 Å². The lowest BCUT2D eigenvalue weighted by atomic mass is 10.1. The summed E-state index contributed by atoms with van der Waals surface area (Å²) in [6.45, 7) is 3.42. The predicted octanol–water partition coefficient (Wildman–Crippen LogP) is 0.828. The van der Waals surface area contributed by atoms with E-state index >= 15 is 0 Å². The molecule has 0 atom stereocenters. The number of H-pyrrole nitrogens is 1. The lowest BCUT2D eigenvalue weighted by Crippen LogP contribution is -2.33. The van der Waals surface area contributed by atoms with Gasteiger partial charge in [0, 0.05) is 18.5 Å². The molecule has 3 N–H and O–H groups in total. The Bertz CT molecular complexity index is 492. The molecule has 2 aliphatic rings. The van der Waals surface area contributed by atoms with Gasteiger partial charge in [-0.15, -0.1) is 0 Å². The Morgan fingerprint density at radius 2 is 2.10 bits per heavy atom. The quantitative estimate of drug-likeness (QED) is 0.672. The molecule has 3 rings (SSSR count). The number of hydrogen-bond acceptors (Lipinski definition) is 5. The molecular weight excluding hydrogens is 256 g/mol. The monoisotopic (exact) mass is 278 g/mol. The van der Waals surface area contributed by atoms with Gasteiger partial charge >= 0.3 is 0 Å². The van der Waals surface area contributed by atoms with Crippen LogP contribution in [0.15, 0.2) is 10.9 Å². The van der Waals surface area contributed by atoms with Gasteiger partial charge < -0.3 is 20.4 Å². The van der Waals surface area contributed by atoms with E-state index in [1.807, 2.05) is 0 Å². The molecule has 20 heavy (non-hydrogen) atoms. The molecule has 0 aromatic carbocycles. The van der Waals surface area contributed by atoms with Gasteiger partial charge in [-0.1, -0.05) is 0 Å². The average Bonchev–Trinajstić information content (AvgIpc) is 3.29. The summed E-state index contributed by atoms with van der Waals surface area (Å²) in [6, 6.07) is 1.51. The molecule has 1 aromatic rings. The molecule has 0 radical (unpaired) electrons. The third kappa shape index (κ3) is 3.80. The summed E-state index contributed by atoms with van der Waals surface area (Å²) in [4.78, 5) is 18.8. The highest BCUT2D eigenvalue weighted by molar-refractivity contribution is 5.33. The van der Waals surface area contributed by atoms with Crippen molar-refractivity contribution in [2.75, 3.05) is 31.6 Å². The van der Waals surface area contributed by atoms with E-state index in [0.717, 1.165) is 44.6 Å². The summed E-state index contributed by atoms with van der Waals surface area (Å²) in [5.74, 6) is 1.93. The molecule has 1 aliphatic heterocycles. The molecule has 6 nitrogen and oxygen atoms in total. The zero-order chi connectivity index (χ0) is 13.8. The third-order valence-electron chi connectivity index (χ3n) is 3.77. The normalized spacial score (nSPS) is 20.0. The van der Waals surface area contributed by atoms with E-state index in [1.165, 1.54) is 6.07 Å². The molecule has 0 spiro atoms. The minimum Gasteiger partial charge on any atom is -0.376 e. The fourth-order valence-electron chi connectivity index (χ4n) is 2.48. The van der Waals surface area contributed by atoms with Crippen LogP contribution in [-0.4, -0.2) is 42.3 Å². The first-order chi connectivity index (χ1) is 9.81. The van der Waals surface area contributed by atoms with Crippen LogP contribution in [0.3, 0.4) is 0 Å². The highest BCUT2D eigenvalue weighted by Gasteiger charge is 2.26. The van der Waals surface area contributed by atoms with Crippen molar-refractivity contribution in [3.63, 3.8) is 0 Å². The van der Waals surface area contributed by atoms with E-state index < -0.39 is 0 Å². The Morgan fingerprint density at radius 1 is 1.30 bits per heavy atom. The van der Waals surface area contributed by atoms with E-state index in [9.17, 15) is 4.79 Å². The van der Waals surface area contributed by atoms with Crippen molar-refractivity contribution < 1.29 is 4.74 Å². The van der Waals surface area contributed by atoms with Crippen LogP contribution in [-0.2, 0) is 4.74 Å². The fraction of sp³-hybridized carbons (Fsp3) is 0.714. The highest BCUT2D eigenvalue weighted by Crippen LogP contribution is 2.37. The molecule has 1 aliphatic carbocycles. The molecule has 2 heterocycles. The van der Waals surface area contributed by atoms with Crippen LogP contribution in [0, 0.1) is 0 Å². The summed E-state index contributed by atoms with van der Waals surface area (Å²) in [6.07, 6.45) is 4.79. The maximum absolute atomic E-state index is 11.5. The van der Waals surface area contributed by atoms with Crippen molar-refractivity contribution in [1.82, 2.24) is 15.3 Å². The Kier molecular flexibility index (Phi) is 4.32. The van der Waals surface area contributed by atoms with Gasteiger partial charge in [0.05, 0.1) is 12.7 Å². The van der Waals surface area contributed by atoms with Crippen LogP contribution in [0.1, 0.15) is 37.4 Å². The third-order valence-corrected chi connectivity index (χ3v) is 3.77. The zero-order valence-electron chi connectivity index (χ0n) is 11.7. The molecule has 0 amide bonds. The largest absolute Gasteiger partial charge is 0.376 e. The predicted molar refractivity (Wildman–Crippen MR) is 77.2 cm³/mol. The van der Waals surface area contributed by atoms with Crippen molar-refractivity contribution in [2.45, 2.75) is 37.7 Å². The summed E-state index contributed by atoms with van der Waals surface area (Å²) in [7, 11) is 0. The van der Waals surface area contributed by atoms with Crippen LogP contribution in [0.25, 0.3) is 0 Å². The molecule has 1 aromatic heterocycles. The van der Waals surface area contributed by atoms with Gasteiger partial charge in [-0.25, -0.2) is 4.98 Å². The van der Waals surface area contributed by atoms with Crippen LogP contribution in [0.2, 0.25) is 0 Å². The SMILES string of the molecule is O=c1cc(NCCOC2CCNCC2)nc(C2CC2)[nH]1. The van der Waals surface area contributed by atoms with Gasteiger partial charge in [-0.05, 0) is 38.8 Å². The number of rotatable bonds is 6. The standard InChI is InChI=1S/C14H22N4O2/c19-13-9-12(17-14(18-13)10-1-2-10)16-7-8-20-11-3-5-15-6-4-11/h9-11,15H,1-8H2,(H2,16,17,18,19). The van der Waals surface area contributed by atoms with Gasteiger partial charge in [0.1, 0.15) is 11.6 Å². The minimum absolute atomic E-state index is 0.0799. The van der Waals surface area contributed by atoms with Gasteiger partial charge in [0.15, 0.2) is 0 Å². The van der Waals surface area contributed by atoms with Crippen molar-refractivity contribution in [3.05, 3.63) is 22.2 Å². The van der Waals surface area contributed by atoms with Gasteiger partial charge in [-0.2, -0.15) is 0 Å². The lowest BCUT2D eigenvalue weighted by molar-refractivity contribution is 0.0394. The fourth-order valence-corrected chi connectivity index (χ4v) is 2.48. The van der Waals surface area contributed by atoms with Crippen molar-refractivity contribution in [1.29, 1.82) is 0 Å². The molecule has 2 fully saturated rings. The molecule has 110 valence electrons. The number of nitrogens with zero attached hydrogens (tertiary/aromatic N) is 1. The summed E-state index contributed by atoms with van der Waals surface area (Å²) >= 11 is 0. The molecule has 0 bridgehead atoms. The number of aromatic amines is 1. The smallest absolute Gasteiger partial charge is 0.252 e. The van der Waals surface area contributed by atoms with E-state index in [1.54, 1.807) is 0 Å². The molecule has 1 saturated carbocycles. The van der Waals surface area contributed by atoms with Crippen LogP contribution in [0.5, 0.6) is 0 Å². The van der Waals surface area contributed by atoms with Gasteiger partial charge in [-0.3, -0.25) is 4.79 Å². The summed E-state index contributed by atoms with van der Waals surface area (Å²) in [5, 5.41) is 6.49. The summed E-state index contributed by atoms with van der Waals surface area (Å²) in [5.41, 5.74) is -0.0799. The first-order valence-corrected chi connectivity index (χ1v) is 7.49. The maximum atomic E-state index is 11.5. The minimum atomic E-state index is -0.0799. The highest BCUT2D eigenvalue weighted by atomic mass is 16.5. The Morgan fingerprint density at radius 3 is 2.85 bits per heavy atom. The Labute approximate surface area is 118 Å². The second-order valence-corrected chi connectivity index (χ2v) is 5.54. The molecule has 6 heteroatoms. The van der Waals surface area contributed by atoms with Gasteiger partial charge in [0.2, 0.25) is 0 Å². The van der Waals surface area contributed by atoms with E-state index in [0.29, 0.717) is 31.0 Å². The van der Waals surface area contributed by atoms with Crippen molar-refractivity contribution in [3.8, 4) is 0 Å². The van der Waals surface area contributed by atoms with Crippen molar-refractivity contribution >= 4 is 5.82 Å². The van der Waals surface area contributed by atoms with E-state index in [4.69, 9.17) is 4.74 Å². The Hall–Kier alpha value is -1.40. The van der Waals surface area contributed by atoms with Crippen LogP contribution in [0.4, 0.5) is 5.82 Å². The number of anilines is 1. The second kappa shape index (κ2) is 6.37. The van der Waals surface area contributed by atoms with Crippen LogP contribution < -0.4 is 16.2 Å². The average molecular weight is 278 g/mol. The summed E-state index contributed by atoms with van der Waals surface area (Å²) < 4.78 is 5.81. The number of ether oxygens (including phenoxy) is 1. The first-order valence-electron chi connectivity index (χ1n) is 7.49.